The number of anilines is 1. The summed E-state index contributed by atoms with van der Waals surface area (Å²) in [5.41, 5.74) is 0.752. The van der Waals surface area contributed by atoms with E-state index in [1.54, 1.807) is 25.1 Å². The van der Waals surface area contributed by atoms with Crippen molar-refractivity contribution in [2.75, 3.05) is 24.2 Å². The average Bonchev–Trinajstić information content (AvgIpc) is 2.72. The zero-order chi connectivity index (χ0) is 24.9. The molecule has 0 saturated heterocycles. The number of rotatable bonds is 9. The van der Waals surface area contributed by atoms with E-state index >= 15 is 0 Å². The number of nitrogens with zero attached hydrogens (tertiary/aromatic N) is 2. The lowest BCUT2D eigenvalue weighted by atomic mass is 10.1. The van der Waals surface area contributed by atoms with Crippen molar-refractivity contribution in [3.05, 3.63) is 62.1 Å². The number of halogens is 4. The molecule has 2 rings (SSSR count). The Labute approximate surface area is 213 Å². The Bertz CT molecular complexity index is 1120. The molecule has 33 heavy (non-hydrogen) atoms. The second-order valence-electron chi connectivity index (χ2n) is 7.21. The minimum Gasteiger partial charge on any atom is -0.357 e. The van der Waals surface area contributed by atoms with E-state index in [4.69, 9.17) is 46.4 Å². The van der Waals surface area contributed by atoms with E-state index < -0.39 is 28.5 Å². The number of amides is 2. The third kappa shape index (κ3) is 7.39. The first-order chi connectivity index (χ1) is 15.4. The third-order valence-electron chi connectivity index (χ3n) is 4.78. The van der Waals surface area contributed by atoms with Gasteiger partial charge in [0, 0.05) is 23.6 Å². The van der Waals surface area contributed by atoms with E-state index in [0.717, 1.165) is 10.6 Å². The number of likely N-dealkylation sites (N-methyl/N-ethyl adjacent to an activating group) is 1. The number of hydrogen-bond donors (Lipinski definition) is 1. The van der Waals surface area contributed by atoms with Gasteiger partial charge in [0.25, 0.3) is 0 Å². The lowest BCUT2D eigenvalue weighted by Gasteiger charge is -2.32. The summed E-state index contributed by atoms with van der Waals surface area (Å²) < 4.78 is 26.0. The fourth-order valence-electron chi connectivity index (χ4n) is 3.22. The summed E-state index contributed by atoms with van der Waals surface area (Å²) in [6.45, 7) is 1.19. The van der Waals surface area contributed by atoms with Crippen molar-refractivity contribution in [1.82, 2.24) is 10.2 Å². The molecule has 0 aliphatic carbocycles. The first-order valence-electron chi connectivity index (χ1n) is 9.76. The molecule has 2 aromatic carbocycles. The van der Waals surface area contributed by atoms with Crippen LogP contribution in [0.1, 0.15) is 18.9 Å². The number of carbonyl (C=O) groups is 2. The van der Waals surface area contributed by atoms with Crippen LogP contribution in [0, 0.1) is 0 Å². The van der Waals surface area contributed by atoms with Crippen LogP contribution in [0.4, 0.5) is 5.69 Å². The molecule has 2 amide bonds. The van der Waals surface area contributed by atoms with Crippen LogP contribution in [0.2, 0.25) is 20.1 Å². The topological polar surface area (TPSA) is 86.8 Å². The first kappa shape index (κ1) is 27.5. The average molecular weight is 555 g/mol. The zero-order valence-electron chi connectivity index (χ0n) is 18.1. The van der Waals surface area contributed by atoms with E-state index in [-0.39, 0.29) is 28.2 Å². The van der Waals surface area contributed by atoms with E-state index in [9.17, 15) is 18.0 Å². The Morgan fingerprint density at radius 2 is 1.61 bits per heavy atom. The molecule has 0 saturated carbocycles. The van der Waals surface area contributed by atoms with Gasteiger partial charge >= 0.3 is 0 Å². The lowest BCUT2D eigenvalue weighted by Crippen LogP contribution is -2.51. The van der Waals surface area contributed by atoms with Crippen LogP contribution >= 0.6 is 46.4 Å². The van der Waals surface area contributed by atoms with Gasteiger partial charge in [-0.05, 0) is 42.3 Å². The lowest BCUT2D eigenvalue weighted by molar-refractivity contribution is -0.140. The highest BCUT2D eigenvalue weighted by atomic mass is 35.5. The SMILES string of the molecule is CC[C@H](C(=O)NC)N(Cc1ccc(Cl)c(Cl)c1)C(=O)CN(c1cc(Cl)cc(Cl)c1)S(C)(=O)=O. The fraction of sp³-hybridized carbons (Fsp3) is 0.333. The molecule has 0 radical (unpaired) electrons. The molecular weight excluding hydrogens is 532 g/mol. The Hall–Kier alpha value is -1.71. The highest BCUT2D eigenvalue weighted by Crippen LogP contribution is 2.28. The molecule has 0 aliphatic heterocycles. The normalized spacial score (nSPS) is 12.2. The molecule has 180 valence electrons. The summed E-state index contributed by atoms with van der Waals surface area (Å²) in [6.07, 6.45) is 1.27. The maximum absolute atomic E-state index is 13.4. The van der Waals surface area contributed by atoms with Gasteiger partial charge in [-0.15, -0.1) is 0 Å². The second kappa shape index (κ2) is 11.6. The van der Waals surface area contributed by atoms with E-state index in [1.165, 1.54) is 30.1 Å². The molecule has 0 aromatic heterocycles. The highest BCUT2D eigenvalue weighted by molar-refractivity contribution is 7.92. The van der Waals surface area contributed by atoms with Crippen molar-refractivity contribution in [1.29, 1.82) is 0 Å². The minimum absolute atomic E-state index is 0.00948. The summed E-state index contributed by atoms with van der Waals surface area (Å²) in [6, 6.07) is 8.23. The van der Waals surface area contributed by atoms with E-state index in [0.29, 0.717) is 22.0 Å². The molecule has 0 fully saturated rings. The standard InChI is InChI=1S/C21H23Cl4N3O4S/c1-4-19(21(30)26-2)27(11-13-5-6-17(24)18(25)7-13)20(29)12-28(33(3,31)32)16-9-14(22)8-15(23)10-16/h5-10,19H,4,11-12H2,1-3H3,(H,26,30)/t19-/m1/s1. The van der Waals surface area contributed by atoms with Gasteiger partial charge in [-0.25, -0.2) is 8.42 Å². The van der Waals surface area contributed by atoms with Gasteiger partial charge < -0.3 is 10.2 Å². The molecule has 0 aliphatic rings. The van der Waals surface area contributed by atoms with Crippen molar-refractivity contribution in [2.24, 2.45) is 0 Å². The Morgan fingerprint density at radius 3 is 2.09 bits per heavy atom. The number of nitrogens with one attached hydrogen (secondary N) is 1. The number of benzene rings is 2. The van der Waals surface area contributed by atoms with Crippen LogP contribution in [0.25, 0.3) is 0 Å². The van der Waals surface area contributed by atoms with Crippen LogP contribution in [-0.2, 0) is 26.2 Å². The Balaban J connectivity index is 2.48. The summed E-state index contributed by atoms with van der Waals surface area (Å²) in [4.78, 5) is 27.3. The maximum atomic E-state index is 13.4. The van der Waals surface area contributed by atoms with Crippen molar-refractivity contribution in [3.8, 4) is 0 Å². The summed E-state index contributed by atoms with van der Waals surface area (Å²) >= 11 is 24.2. The monoisotopic (exact) mass is 553 g/mol. The highest BCUT2D eigenvalue weighted by Gasteiger charge is 2.31. The largest absolute Gasteiger partial charge is 0.357 e. The van der Waals surface area contributed by atoms with Crippen LogP contribution in [0.15, 0.2) is 36.4 Å². The predicted molar refractivity (Wildman–Crippen MR) is 134 cm³/mol. The Kier molecular flexibility index (Phi) is 9.70. The van der Waals surface area contributed by atoms with Gasteiger partial charge in [0.05, 0.1) is 22.0 Å². The van der Waals surface area contributed by atoms with Gasteiger partial charge in [0.2, 0.25) is 21.8 Å². The van der Waals surface area contributed by atoms with Gasteiger partial charge in [-0.3, -0.25) is 13.9 Å². The van der Waals surface area contributed by atoms with Gasteiger partial charge in [0.15, 0.2) is 0 Å². The number of sulfonamides is 1. The van der Waals surface area contributed by atoms with Crippen LogP contribution < -0.4 is 9.62 Å². The van der Waals surface area contributed by atoms with Crippen molar-refractivity contribution in [3.63, 3.8) is 0 Å². The molecule has 12 heteroatoms. The molecule has 0 spiro atoms. The second-order valence-corrected chi connectivity index (χ2v) is 10.8. The van der Waals surface area contributed by atoms with Crippen molar-refractivity contribution < 1.29 is 18.0 Å². The number of hydrogen-bond acceptors (Lipinski definition) is 4. The molecule has 2 aromatic rings. The van der Waals surface area contributed by atoms with Crippen LogP contribution in [0.3, 0.4) is 0 Å². The van der Waals surface area contributed by atoms with E-state index in [1.807, 2.05) is 0 Å². The summed E-state index contributed by atoms with van der Waals surface area (Å²) in [5.74, 6) is -0.985. The van der Waals surface area contributed by atoms with Gasteiger partial charge in [-0.2, -0.15) is 0 Å². The fourth-order valence-corrected chi connectivity index (χ4v) is 4.89. The van der Waals surface area contributed by atoms with Gasteiger partial charge in [0.1, 0.15) is 12.6 Å². The smallest absolute Gasteiger partial charge is 0.244 e. The molecule has 7 nitrogen and oxygen atoms in total. The van der Waals surface area contributed by atoms with E-state index in [2.05, 4.69) is 5.32 Å². The molecule has 0 heterocycles. The summed E-state index contributed by atoms with van der Waals surface area (Å²) in [7, 11) is -2.43. The number of carbonyl (C=O) groups excluding carboxylic acids is 2. The van der Waals surface area contributed by atoms with Crippen LogP contribution in [-0.4, -0.2) is 51.0 Å². The van der Waals surface area contributed by atoms with Gasteiger partial charge in [-0.1, -0.05) is 59.4 Å². The molecular formula is C21H23Cl4N3O4S. The van der Waals surface area contributed by atoms with Crippen molar-refractivity contribution >= 4 is 73.9 Å². The molecule has 1 N–H and O–H groups in total. The molecule has 0 unspecified atom stereocenters. The summed E-state index contributed by atoms with van der Waals surface area (Å²) in [5, 5.41) is 3.60. The first-order valence-corrected chi connectivity index (χ1v) is 13.1. The van der Waals surface area contributed by atoms with Crippen molar-refractivity contribution in [2.45, 2.75) is 25.9 Å². The predicted octanol–water partition coefficient (Wildman–Crippen LogP) is 4.62. The molecule has 0 bridgehead atoms. The Morgan fingerprint density at radius 1 is 1.00 bits per heavy atom. The molecule has 1 atom stereocenters. The quantitative estimate of drug-likeness (QED) is 0.490. The van der Waals surface area contributed by atoms with Crippen LogP contribution in [0.5, 0.6) is 0 Å². The minimum atomic E-state index is -3.89. The zero-order valence-corrected chi connectivity index (χ0v) is 22.0. The third-order valence-corrected chi connectivity index (χ3v) is 7.10. The maximum Gasteiger partial charge on any atom is 0.244 e.